The van der Waals surface area contributed by atoms with Crippen molar-refractivity contribution in [2.45, 2.75) is 6.04 Å². The van der Waals surface area contributed by atoms with Gasteiger partial charge in [-0.05, 0) is 29.8 Å². The molecule has 1 amide bonds. The van der Waals surface area contributed by atoms with Gasteiger partial charge in [0.25, 0.3) is 5.91 Å². The van der Waals surface area contributed by atoms with E-state index >= 15 is 0 Å². The van der Waals surface area contributed by atoms with Crippen LogP contribution in [0.3, 0.4) is 0 Å². The van der Waals surface area contributed by atoms with Gasteiger partial charge in [0, 0.05) is 5.02 Å². The summed E-state index contributed by atoms with van der Waals surface area (Å²) in [6, 6.07) is 13.2. The lowest BCUT2D eigenvalue weighted by molar-refractivity contribution is -0.119. The van der Waals surface area contributed by atoms with Gasteiger partial charge in [0.05, 0.1) is 11.4 Å². The van der Waals surface area contributed by atoms with Gasteiger partial charge in [-0.3, -0.25) is 10.0 Å². The third-order valence-corrected chi connectivity index (χ3v) is 3.30. The first kappa shape index (κ1) is 12.0. The van der Waals surface area contributed by atoms with Crippen molar-refractivity contribution in [2.24, 2.45) is 0 Å². The minimum Gasteiger partial charge on any atom is -0.322 e. The number of fused-ring (bicyclic) bond motifs is 1. The van der Waals surface area contributed by atoms with Crippen molar-refractivity contribution in [2.75, 3.05) is 10.4 Å². The molecular formula is C14H11ClN2O2. The van der Waals surface area contributed by atoms with E-state index in [1.807, 2.05) is 0 Å². The predicted molar refractivity (Wildman–Crippen MR) is 73.5 cm³/mol. The number of rotatable bonds is 1. The fourth-order valence-electron chi connectivity index (χ4n) is 2.20. The van der Waals surface area contributed by atoms with Crippen LogP contribution in [0.15, 0.2) is 48.5 Å². The van der Waals surface area contributed by atoms with Gasteiger partial charge in [0.1, 0.15) is 0 Å². The van der Waals surface area contributed by atoms with Crippen LogP contribution < -0.4 is 10.4 Å². The highest BCUT2D eigenvalue weighted by Gasteiger charge is 2.33. The van der Waals surface area contributed by atoms with E-state index in [-0.39, 0.29) is 5.91 Å². The van der Waals surface area contributed by atoms with Crippen LogP contribution in [0.5, 0.6) is 0 Å². The van der Waals surface area contributed by atoms with Crippen molar-refractivity contribution in [1.82, 2.24) is 0 Å². The van der Waals surface area contributed by atoms with Crippen molar-refractivity contribution in [1.29, 1.82) is 0 Å². The van der Waals surface area contributed by atoms with Crippen molar-refractivity contribution >= 4 is 28.9 Å². The Morgan fingerprint density at radius 3 is 2.74 bits per heavy atom. The molecule has 1 aliphatic heterocycles. The van der Waals surface area contributed by atoms with Crippen LogP contribution in [0.2, 0.25) is 5.02 Å². The maximum Gasteiger partial charge on any atom is 0.254 e. The van der Waals surface area contributed by atoms with Gasteiger partial charge in [-0.15, -0.1) is 0 Å². The third-order valence-electron chi connectivity index (χ3n) is 3.07. The maximum absolute atomic E-state index is 12.1. The molecule has 5 heteroatoms. The normalized spacial score (nSPS) is 17.9. The van der Waals surface area contributed by atoms with Gasteiger partial charge < -0.3 is 5.32 Å². The molecule has 4 nitrogen and oxygen atoms in total. The Morgan fingerprint density at radius 2 is 1.95 bits per heavy atom. The summed E-state index contributed by atoms with van der Waals surface area (Å²) in [6.45, 7) is 0. The molecule has 0 fully saturated rings. The monoisotopic (exact) mass is 274 g/mol. The number of para-hydroxylation sites is 2. The van der Waals surface area contributed by atoms with Gasteiger partial charge in [-0.25, -0.2) is 5.06 Å². The number of amides is 1. The zero-order valence-electron chi connectivity index (χ0n) is 9.88. The SMILES string of the molecule is O=C1Nc2ccccc2N(O)[C@@H]1c1cccc(Cl)c1. The number of hydroxylamine groups is 1. The van der Waals surface area contributed by atoms with Gasteiger partial charge in [0.2, 0.25) is 0 Å². The molecule has 2 N–H and O–H groups in total. The van der Waals surface area contributed by atoms with E-state index in [1.54, 1.807) is 48.5 Å². The van der Waals surface area contributed by atoms with Gasteiger partial charge >= 0.3 is 0 Å². The molecule has 2 aromatic carbocycles. The van der Waals surface area contributed by atoms with E-state index in [9.17, 15) is 10.0 Å². The average molecular weight is 275 g/mol. The molecule has 0 radical (unpaired) electrons. The smallest absolute Gasteiger partial charge is 0.254 e. The highest BCUT2D eigenvalue weighted by atomic mass is 35.5. The molecule has 1 aliphatic rings. The van der Waals surface area contributed by atoms with Crippen molar-refractivity contribution in [3.05, 3.63) is 59.1 Å². The summed E-state index contributed by atoms with van der Waals surface area (Å²) in [6.07, 6.45) is 0. The first-order valence-corrected chi connectivity index (χ1v) is 6.18. The quantitative estimate of drug-likeness (QED) is 0.839. The van der Waals surface area contributed by atoms with E-state index in [1.165, 1.54) is 0 Å². The molecular weight excluding hydrogens is 264 g/mol. The number of carbonyl (C=O) groups is 1. The lowest BCUT2D eigenvalue weighted by atomic mass is 10.0. The number of hydrogen-bond acceptors (Lipinski definition) is 3. The second-order valence-corrected chi connectivity index (χ2v) is 4.74. The summed E-state index contributed by atoms with van der Waals surface area (Å²) >= 11 is 5.93. The summed E-state index contributed by atoms with van der Waals surface area (Å²) in [4.78, 5) is 12.1. The summed E-state index contributed by atoms with van der Waals surface area (Å²) in [5.74, 6) is -0.288. The molecule has 19 heavy (non-hydrogen) atoms. The molecule has 0 saturated carbocycles. The van der Waals surface area contributed by atoms with Crippen LogP contribution in [-0.2, 0) is 4.79 Å². The molecule has 0 saturated heterocycles. The Morgan fingerprint density at radius 1 is 1.16 bits per heavy atom. The minimum atomic E-state index is -0.798. The fourth-order valence-corrected chi connectivity index (χ4v) is 2.40. The molecule has 96 valence electrons. The summed E-state index contributed by atoms with van der Waals surface area (Å²) < 4.78 is 0. The summed E-state index contributed by atoms with van der Waals surface area (Å²) in [5.41, 5.74) is 1.79. The number of carbonyl (C=O) groups excluding carboxylic acids is 1. The molecule has 0 aromatic heterocycles. The number of hydrogen-bond donors (Lipinski definition) is 2. The van der Waals surface area contributed by atoms with E-state index in [0.29, 0.717) is 22.0 Å². The number of halogens is 1. The fraction of sp³-hybridized carbons (Fsp3) is 0.0714. The standard InChI is InChI=1S/C14H11ClN2O2/c15-10-5-3-4-9(8-10)13-14(18)16-11-6-1-2-7-12(11)17(13)19/h1-8,13,19H,(H,16,18)/t13-/m1/s1. The number of nitrogens with zero attached hydrogens (tertiary/aromatic N) is 1. The Labute approximate surface area is 115 Å². The van der Waals surface area contributed by atoms with Crippen LogP contribution >= 0.6 is 11.6 Å². The van der Waals surface area contributed by atoms with Crippen molar-refractivity contribution < 1.29 is 10.0 Å². The zero-order valence-corrected chi connectivity index (χ0v) is 10.6. The first-order chi connectivity index (χ1) is 9.16. The highest BCUT2D eigenvalue weighted by molar-refractivity contribution is 6.30. The van der Waals surface area contributed by atoms with E-state index in [4.69, 9.17) is 11.6 Å². The first-order valence-electron chi connectivity index (χ1n) is 5.80. The second-order valence-electron chi connectivity index (χ2n) is 4.31. The molecule has 2 aromatic rings. The lowest BCUT2D eigenvalue weighted by Crippen LogP contribution is -2.39. The van der Waals surface area contributed by atoms with Crippen LogP contribution in [0.1, 0.15) is 11.6 Å². The van der Waals surface area contributed by atoms with E-state index in [2.05, 4.69) is 5.32 Å². The summed E-state index contributed by atoms with van der Waals surface area (Å²) in [7, 11) is 0. The molecule has 0 aliphatic carbocycles. The van der Waals surface area contributed by atoms with Crippen molar-refractivity contribution in [3.8, 4) is 0 Å². The number of benzene rings is 2. The number of nitrogens with one attached hydrogen (secondary N) is 1. The van der Waals surface area contributed by atoms with Gasteiger partial charge in [-0.2, -0.15) is 0 Å². The van der Waals surface area contributed by atoms with Crippen molar-refractivity contribution in [3.63, 3.8) is 0 Å². The van der Waals surface area contributed by atoms with Crippen LogP contribution in [0.25, 0.3) is 0 Å². The Hall–Kier alpha value is -2.04. The largest absolute Gasteiger partial charge is 0.322 e. The molecule has 0 unspecified atom stereocenters. The molecule has 1 heterocycles. The second kappa shape index (κ2) is 4.57. The highest BCUT2D eigenvalue weighted by Crippen LogP contribution is 2.36. The lowest BCUT2D eigenvalue weighted by Gasteiger charge is -2.33. The minimum absolute atomic E-state index is 0.288. The molecule has 3 rings (SSSR count). The molecule has 1 atom stereocenters. The Bertz CT molecular complexity index is 645. The average Bonchev–Trinajstić information content (AvgIpc) is 2.39. The van der Waals surface area contributed by atoms with Crippen LogP contribution in [0, 0.1) is 0 Å². The van der Waals surface area contributed by atoms with Crippen LogP contribution in [0.4, 0.5) is 11.4 Å². The Kier molecular flexibility index (Phi) is 2.89. The van der Waals surface area contributed by atoms with Gasteiger partial charge in [0.15, 0.2) is 6.04 Å². The van der Waals surface area contributed by atoms with E-state index in [0.717, 1.165) is 5.06 Å². The zero-order chi connectivity index (χ0) is 13.4. The third kappa shape index (κ3) is 2.05. The summed E-state index contributed by atoms with van der Waals surface area (Å²) in [5, 5.41) is 14.5. The topological polar surface area (TPSA) is 52.6 Å². The van der Waals surface area contributed by atoms with E-state index < -0.39 is 6.04 Å². The Balaban J connectivity index is 2.06. The van der Waals surface area contributed by atoms with Crippen LogP contribution in [-0.4, -0.2) is 11.1 Å². The maximum atomic E-state index is 12.1. The predicted octanol–water partition coefficient (Wildman–Crippen LogP) is 3.23. The van der Waals surface area contributed by atoms with Gasteiger partial charge in [-0.1, -0.05) is 35.9 Å². The number of anilines is 2. The molecule has 0 spiro atoms. The molecule has 0 bridgehead atoms.